The van der Waals surface area contributed by atoms with E-state index in [1.54, 1.807) is 6.20 Å². The van der Waals surface area contributed by atoms with Crippen molar-refractivity contribution < 1.29 is 0 Å². The predicted octanol–water partition coefficient (Wildman–Crippen LogP) is 3.84. The fraction of sp³-hybridized carbons (Fsp3) is 0.786. The summed E-state index contributed by atoms with van der Waals surface area (Å²) in [7, 11) is 4.14. The van der Waals surface area contributed by atoms with Gasteiger partial charge < -0.3 is 4.90 Å². The summed E-state index contributed by atoms with van der Waals surface area (Å²) < 4.78 is 2.03. The standard InChI is InChI=1S/C14H25BrClN3/c1-14(2,3)13(15)7-6-12-11(16)10-17-19(12)9-8-18(4)5/h10,13H,6-9H2,1-5H3. The number of likely N-dealkylation sites (N-methyl/N-ethyl adjacent to an activating group) is 1. The van der Waals surface area contributed by atoms with Gasteiger partial charge in [-0.15, -0.1) is 0 Å². The molecule has 1 aromatic rings. The maximum atomic E-state index is 6.25. The number of halogens is 2. The molecule has 0 saturated heterocycles. The first kappa shape index (κ1) is 17.0. The average Bonchev–Trinajstić information content (AvgIpc) is 2.63. The largest absolute Gasteiger partial charge is 0.308 e. The fourth-order valence-electron chi connectivity index (χ4n) is 1.82. The van der Waals surface area contributed by atoms with Crippen LogP contribution in [0, 0.1) is 5.41 Å². The van der Waals surface area contributed by atoms with Crippen molar-refractivity contribution in [2.75, 3.05) is 20.6 Å². The van der Waals surface area contributed by atoms with E-state index in [1.807, 2.05) is 4.68 Å². The quantitative estimate of drug-likeness (QED) is 0.727. The van der Waals surface area contributed by atoms with Crippen molar-refractivity contribution in [1.29, 1.82) is 0 Å². The van der Waals surface area contributed by atoms with Gasteiger partial charge in [-0.2, -0.15) is 5.10 Å². The Morgan fingerprint density at radius 1 is 1.42 bits per heavy atom. The van der Waals surface area contributed by atoms with Gasteiger partial charge in [0.2, 0.25) is 0 Å². The lowest BCUT2D eigenvalue weighted by Gasteiger charge is -2.25. The van der Waals surface area contributed by atoms with E-state index >= 15 is 0 Å². The molecule has 0 saturated carbocycles. The van der Waals surface area contributed by atoms with Crippen LogP contribution in [0.15, 0.2) is 6.20 Å². The second kappa shape index (κ2) is 7.09. The second-order valence-electron chi connectivity index (χ2n) is 6.34. The number of nitrogens with zero attached hydrogens (tertiary/aromatic N) is 3. The van der Waals surface area contributed by atoms with Gasteiger partial charge in [0.05, 0.1) is 23.5 Å². The van der Waals surface area contributed by atoms with Crippen LogP contribution in [0.1, 0.15) is 32.9 Å². The average molecular weight is 351 g/mol. The van der Waals surface area contributed by atoms with Gasteiger partial charge in [0.1, 0.15) is 0 Å². The molecule has 0 aromatic carbocycles. The Balaban J connectivity index is 2.64. The lowest BCUT2D eigenvalue weighted by atomic mass is 9.89. The molecule has 1 unspecified atom stereocenters. The Bertz CT molecular complexity index is 396. The molecule has 110 valence electrons. The van der Waals surface area contributed by atoms with Crippen LogP contribution < -0.4 is 0 Å². The summed E-state index contributed by atoms with van der Waals surface area (Å²) in [6.45, 7) is 8.60. The van der Waals surface area contributed by atoms with Crippen molar-refractivity contribution in [3.05, 3.63) is 16.9 Å². The number of alkyl halides is 1. The Hall–Kier alpha value is -0.0600. The van der Waals surface area contributed by atoms with Gasteiger partial charge in [-0.3, -0.25) is 4.68 Å². The molecular weight excluding hydrogens is 326 g/mol. The van der Waals surface area contributed by atoms with Gasteiger partial charge in [0.25, 0.3) is 0 Å². The van der Waals surface area contributed by atoms with Crippen LogP contribution in [0.3, 0.4) is 0 Å². The zero-order valence-corrected chi connectivity index (χ0v) is 14.9. The Morgan fingerprint density at radius 2 is 2.05 bits per heavy atom. The van der Waals surface area contributed by atoms with Crippen molar-refractivity contribution in [3.8, 4) is 0 Å². The second-order valence-corrected chi connectivity index (χ2v) is 7.85. The zero-order chi connectivity index (χ0) is 14.6. The molecule has 0 aliphatic heterocycles. The van der Waals surface area contributed by atoms with Crippen molar-refractivity contribution in [2.24, 2.45) is 5.41 Å². The van der Waals surface area contributed by atoms with E-state index in [0.29, 0.717) is 4.83 Å². The van der Waals surface area contributed by atoms with Crippen molar-refractivity contribution in [3.63, 3.8) is 0 Å². The van der Waals surface area contributed by atoms with Crippen LogP contribution in [0.2, 0.25) is 5.02 Å². The number of hydrogen-bond donors (Lipinski definition) is 0. The van der Waals surface area contributed by atoms with Gasteiger partial charge in [-0.1, -0.05) is 48.3 Å². The first-order chi connectivity index (χ1) is 8.71. The molecule has 3 nitrogen and oxygen atoms in total. The number of rotatable bonds is 6. The van der Waals surface area contributed by atoms with E-state index < -0.39 is 0 Å². The van der Waals surface area contributed by atoms with Crippen LogP contribution in [-0.4, -0.2) is 40.1 Å². The Kier molecular flexibility index (Phi) is 6.34. The molecule has 0 bridgehead atoms. The third-order valence-corrected chi connectivity index (χ3v) is 5.38. The lowest BCUT2D eigenvalue weighted by molar-refractivity contribution is 0.363. The first-order valence-electron chi connectivity index (χ1n) is 6.71. The molecule has 1 aromatic heterocycles. The molecule has 0 fully saturated rings. The van der Waals surface area contributed by atoms with Gasteiger partial charge >= 0.3 is 0 Å². The predicted molar refractivity (Wildman–Crippen MR) is 86.3 cm³/mol. The van der Waals surface area contributed by atoms with Gasteiger partial charge in [-0.25, -0.2) is 0 Å². The minimum atomic E-state index is 0.265. The third-order valence-electron chi connectivity index (χ3n) is 3.23. The molecule has 0 N–H and O–H groups in total. The van der Waals surface area contributed by atoms with Crippen LogP contribution in [0.4, 0.5) is 0 Å². The molecule has 0 aliphatic rings. The summed E-state index contributed by atoms with van der Waals surface area (Å²) in [5.74, 6) is 0. The fourth-order valence-corrected chi connectivity index (χ4v) is 2.28. The molecule has 5 heteroatoms. The topological polar surface area (TPSA) is 21.1 Å². The van der Waals surface area contributed by atoms with Crippen molar-refractivity contribution in [1.82, 2.24) is 14.7 Å². The van der Waals surface area contributed by atoms with Gasteiger partial charge in [-0.05, 0) is 32.4 Å². The molecule has 1 atom stereocenters. The van der Waals surface area contributed by atoms with E-state index in [-0.39, 0.29) is 5.41 Å². The summed E-state index contributed by atoms with van der Waals surface area (Å²) in [4.78, 5) is 2.63. The summed E-state index contributed by atoms with van der Waals surface area (Å²) in [5, 5.41) is 5.16. The van der Waals surface area contributed by atoms with Crippen molar-refractivity contribution >= 4 is 27.5 Å². The molecule has 0 radical (unpaired) electrons. The molecule has 0 amide bonds. The van der Waals surface area contributed by atoms with Crippen molar-refractivity contribution in [2.45, 2.75) is 45.0 Å². The summed E-state index contributed by atoms with van der Waals surface area (Å²) in [6, 6.07) is 0. The first-order valence-corrected chi connectivity index (χ1v) is 8.00. The molecule has 1 rings (SSSR count). The summed E-state index contributed by atoms with van der Waals surface area (Å²) in [5.41, 5.74) is 1.42. The Labute approximate surface area is 130 Å². The smallest absolute Gasteiger partial charge is 0.0817 e. The number of hydrogen-bond acceptors (Lipinski definition) is 2. The normalized spacial score (nSPS) is 14.1. The van der Waals surface area contributed by atoms with Crippen LogP contribution in [-0.2, 0) is 13.0 Å². The molecule has 1 heterocycles. The monoisotopic (exact) mass is 349 g/mol. The highest BCUT2D eigenvalue weighted by molar-refractivity contribution is 9.09. The molecule has 19 heavy (non-hydrogen) atoms. The van der Waals surface area contributed by atoms with Crippen LogP contribution in [0.25, 0.3) is 0 Å². The highest BCUT2D eigenvalue weighted by atomic mass is 79.9. The maximum absolute atomic E-state index is 6.25. The van der Waals surface area contributed by atoms with E-state index in [9.17, 15) is 0 Å². The third kappa shape index (κ3) is 5.44. The molecule has 0 aliphatic carbocycles. The minimum Gasteiger partial charge on any atom is -0.308 e. The summed E-state index contributed by atoms with van der Waals surface area (Å²) in [6.07, 6.45) is 3.78. The van der Waals surface area contributed by atoms with E-state index in [4.69, 9.17) is 11.6 Å². The Morgan fingerprint density at radius 3 is 2.58 bits per heavy atom. The highest BCUT2D eigenvalue weighted by Gasteiger charge is 2.22. The van der Waals surface area contributed by atoms with Crippen LogP contribution in [0.5, 0.6) is 0 Å². The highest BCUT2D eigenvalue weighted by Crippen LogP contribution is 2.30. The summed E-state index contributed by atoms with van der Waals surface area (Å²) >= 11 is 10.0. The SMILES string of the molecule is CN(C)CCn1ncc(Cl)c1CCC(Br)C(C)(C)C. The van der Waals surface area contributed by atoms with E-state index in [1.165, 1.54) is 0 Å². The number of aromatic nitrogens is 2. The van der Waals surface area contributed by atoms with Gasteiger partial charge in [0, 0.05) is 11.4 Å². The van der Waals surface area contributed by atoms with Crippen LogP contribution >= 0.6 is 27.5 Å². The zero-order valence-electron chi connectivity index (χ0n) is 12.6. The van der Waals surface area contributed by atoms with Gasteiger partial charge in [0.15, 0.2) is 0 Å². The maximum Gasteiger partial charge on any atom is 0.0817 e. The minimum absolute atomic E-state index is 0.265. The molecule has 0 spiro atoms. The molecular formula is C14H25BrClN3. The van der Waals surface area contributed by atoms with E-state index in [2.05, 4.69) is 60.8 Å². The van der Waals surface area contributed by atoms with E-state index in [0.717, 1.165) is 36.6 Å². The lowest BCUT2D eigenvalue weighted by Crippen LogP contribution is -2.23.